The molecular weight excluding hydrogens is 270 g/mol. The van der Waals surface area contributed by atoms with Gasteiger partial charge in [-0.1, -0.05) is 0 Å². The Kier molecular flexibility index (Phi) is 3.87. The van der Waals surface area contributed by atoms with Crippen molar-refractivity contribution < 1.29 is 4.79 Å². The number of carbonyl (C=O) groups is 1. The lowest BCUT2D eigenvalue weighted by atomic mass is 10.1. The van der Waals surface area contributed by atoms with Gasteiger partial charge in [0, 0.05) is 35.2 Å². The first-order valence-electron chi connectivity index (χ1n) is 7.03. The zero-order valence-electron chi connectivity index (χ0n) is 11.7. The van der Waals surface area contributed by atoms with Crippen LogP contribution in [0.5, 0.6) is 0 Å². The third-order valence-corrected chi connectivity index (χ3v) is 4.82. The maximum atomic E-state index is 12.4. The molecule has 5 heteroatoms. The third-order valence-electron chi connectivity index (χ3n) is 3.82. The summed E-state index contributed by atoms with van der Waals surface area (Å²) < 4.78 is 2.12. The monoisotopic (exact) mass is 289 g/mol. The predicted molar refractivity (Wildman–Crippen MR) is 79.8 cm³/mol. The number of carbonyl (C=O) groups excluding carboxylic acids is 1. The van der Waals surface area contributed by atoms with Crippen LogP contribution < -0.4 is 0 Å². The fraction of sp³-hybridized carbons (Fsp3) is 0.467. The standard InChI is InChI=1S/C15H19N3OS/c1-12-4-5-14(20-12)9-15(19)17-7-2-3-13(10-17)18-8-6-16-11-18/h4-6,8,11,13H,2-3,7,9-10H2,1H3. The quantitative estimate of drug-likeness (QED) is 0.871. The largest absolute Gasteiger partial charge is 0.340 e. The van der Waals surface area contributed by atoms with Gasteiger partial charge in [-0.2, -0.15) is 0 Å². The van der Waals surface area contributed by atoms with Gasteiger partial charge in [-0.15, -0.1) is 11.3 Å². The molecule has 0 aliphatic carbocycles. The molecule has 3 rings (SSSR count). The number of rotatable bonds is 3. The molecule has 0 bridgehead atoms. The van der Waals surface area contributed by atoms with Crippen molar-refractivity contribution in [3.8, 4) is 0 Å². The Labute approximate surface area is 123 Å². The molecule has 0 spiro atoms. The average Bonchev–Trinajstić information content (AvgIpc) is 3.11. The molecule has 20 heavy (non-hydrogen) atoms. The molecule has 1 saturated heterocycles. The van der Waals surface area contributed by atoms with E-state index in [2.05, 4.69) is 28.6 Å². The van der Waals surface area contributed by atoms with Gasteiger partial charge in [0.2, 0.25) is 5.91 Å². The van der Waals surface area contributed by atoms with Crippen molar-refractivity contribution in [2.75, 3.05) is 13.1 Å². The normalized spacial score (nSPS) is 19.2. The van der Waals surface area contributed by atoms with E-state index in [-0.39, 0.29) is 5.91 Å². The van der Waals surface area contributed by atoms with E-state index in [1.165, 1.54) is 4.88 Å². The van der Waals surface area contributed by atoms with Crippen molar-refractivity contribution in [1.82, 2.24) is 14.5 Å². The molecule has 3 heterocycles. The summed E-state index contributed by atoms with van der Waals surface area (Å²) >= 11 is 1.72. The van der Waals surface area contributed by atoms with Crippen LogP contribution in [-0.4, -0.2) is 33.4 Å². The zero-order valence-corrected chi connectivity index (χ0v) is 12.5. The van der Waals surface area contributed by atoms with E-state index in [1.54, 1.807) is 17.5 Å². The molecule has 106 valence electrons. The van der Waals surface area contributed by atoms with E-state index >= 15 is 0 Å². The van der Waals surface area contributed by atoms with E-state index in [4.69, 9.17) is 0 Å². The number of thiophene rings is 1. The molecule has 1 amide bonds. The molecule has 1 aliphatic rings. The van der Waals surface area contributed by atoms with Crippen LogP contribution in [-0.2, 0) is 11.2 Å². The molecule has 0 radical (unpaired) electrons. The van der Waals surface area contributed by atoms with Crippen molar-refractivity contribution in [2.45, 2.75) is 32.2 Å². The first kappa shape index (κ1) is 13.4. The van der Waals surface area contributed by atoms with Crippen LogP contribution in [0.1, 0.15) is 28.6 Å². The lowest BCUT2D eigenvalue weighted by molar-refractivity contribution is -0.132. The van der Waals surface area contributed by atoms with Gasteiger partial charge in [-0.05, 0) is 31.9 Å². The molecule has 2 aromatic heterocycles. The predicted octanol–water partition coefficient (Wildman–Crippen LogP) is 2.66. The van der Waals surface area contributed by atoms with Crippen LogP contribution in [0.15, 0.2) is 30.9 Å². The highest BCUT2D eigenvalue weighted by Gasteiger charge is 2.24. The Hall–Kier alpha value is -1.62. The number of hydrogen-bond acceptors (Lipinski definition) is 3. The average molecular weight is 289 g/mol. The Bertz CT molecular complexity index is 576. The second-order valence-electron chi connectivity index (χ2n) is 5.33. The number of piperidine rings is 1. The Balaban J connectivity index is 1.63. The molecule has 1 fully saturated rings. The maximum absolute atomic E-state index is 12.4. The van der Waals surface area contributed by atoms with Crippen LogP contribution >= 0.6 is 11.3 Å². The smallest absolute Gasteiger partial charge is 0.227 e. The molecule has 2 aromatic rings. The second-order valence-corrected chi connectivity index (χ2v) is 6.71. The van der Waals surface area contributed by atoms with Crippen LogP contribution in [0, 0.1) is 6.92 Å². The molecule has 1 unspecified atom stereocenters. The van der Waals surface area contributed by atoms with Crippen molar-refractivity contribution in [2.24, 2.45) is 0 Å². The van der Waals surface area contributed by atoms with E-state index in [1.807, 2.05) is 17.4 Å². The summed E-state index contributed by atoms with van der Waals surface area (Å²) in [6.45, 7) is 3.77. The van der Waals surface area contributed by atoms with Gasteiger partial charge in [0.15, 0.2) is 0 Å². The first-order chi connectivity index (χ1) is 9.72. The van der Waals surface area contributed by atoms with Gasteiger partial charge in [-0.3, -0.25) is 4.79 Å². The molecule has 0 saturated carbocycles. The van der Waals surface area contributed by atoms with Crippen LogP contribution in [0.3, 0.4) is 0 Å². The number of likely N-dealkylation sites (tertiary alicyclic amines) is 1. The number of amides is 1. The summed E-state index contributed by atoms with van der Waals surface area (Å²) in [6, 6.07) is 4.52. The van der Waals surface area contributed by atoms with Crippen LogP contribution in [0.2, 0.25) is 0 Å². The summed E-state index contributed by atoms with van der Waals surface area (Å²) in [5.74, 6) is 0.247. The summed E-state index contributed by atoms with van der Waals surface area (Å²) in [5, 5.41) is 0. The Morgan fingerprint density at radius 1 is 1.50 bits per heavy atom. The van der Waals surface area contributed by atoms with Gasteiger partial charge in [0.05, 0.1) is 18.8 Å². The summed E-state index contributed by atoms with van der Waals surface area (Å²) in [7, 11) is 0. The second kappa shape index (κ2) is 5.79. The lowest BCUT2D eigenvalue weighted by Crippen LogP contribution is -2.41. The van der Waals surface area contributed by atoms with Gasteiger partial charge in [-0.25, -0.2) is 4.98 Å². The van der Waals surface area contributed by atoms with E-state index in [0.717, 1.165) is 30.8 Å². The number of imidazole rings is 1. The highest BCUT2D eigenvalue weighted by molar-refractivity contribution is 7.12. The first-order valence-corrected chi connectivity index (χ1v) is 7.84. The maximum Gasteiger partial charge on any atom is 0.227 e. The molecule has 4 nitrogen and oxygen atoms in total. The number of hydrogen-bond donors (Lipinski definition) is 0. The molecular formula is C15H19N3OS. The minimum Gasteiger partial charge on any atom is -0.340 e. The third kappa shape index (κ3) is 2.93. The van der Waals surface area contributed by atoms with Gasteiger partial charge in [0.25, 0.3) is 0 Å². The highest BCUT2D eigenvalue weighted by Crippen LogP contribution is 2.23. The van der Waals surface area contributed by atoms with Gasteiger partial charge in [0.1, 0.15) is 0 Å². The molecule has 0 aromatic carbocycles. The van der Waals surface area contributed by atoms with Crippen LogP contribution in [0.4, 0.5) is 0 Å². The zero-order chi connectivity index (χ0) is 13.9. The van der Waals surface area contributed by atoms with Gasteiger partial charge >= 0.3 is 0 Å². The molecule has 1 aliphatic heterocycles. The number of nitrogens with zero attached hydrogens (tertiary/aromatic N) is 3. The summed E-state index contributed by atoms with van der Waals surface area (Å²) in [5.41, 5.74) is 0. The van der Waals surface area contributed by atoms with E-state index in [0.29, 0.717) is 12.5 Å². The van der Waals surface area contributed by atoms with Crippen molar-refractivity contribution in [3.63, 3.8) is 0 Å². The van der Waals surface area contributed by atoms with Gasteiger partial charge < -0.3 is 9.47 Å². The van der Waals surface area contributed by atoms with E-state index in [9.17, 15) is 4.79 Å². The Morgan fingerprint density at radius 2 is 2.40 bits per heavy atom. The summed E-state index contributed by atoms with van der Waals surface area (Å²) in [6.07, 6.45) is 8.36. The fourth-order valence-electron chi connectivity index (χ4n) is 2.75. The van der Waals surface area contributed by atoms with Crippen molar-refractivity contribution in [1.29, 1.82) is 0 Å². The number of aromatic nitrogens is 2. The lowest BCUT2D eigenvalue weighted by Gasteiger charge is -2.33. The summed E-state index contributed by atoms with van der Waals surface area (Å²) in [4.78, 5) is 20.9. The SMILES string of the molecule is Cc1ccc(CC(=O)N2CCCC(n3ccnc3)C2)s1. The van der Waals surface area contributed by atoms with Crippen molar-refractivity contribution in [3.05, 3.63) is 40.6 Å². The minimum absolute atomic E-state index is 0.247. The van der Waals surface area contributed by atoms with Crippen molar-refractivity contribution >= 4 is 17.2 Å². The molecule has 0 N–H and O–H groups in total. The fourth-order valence-corrected chi connectivity index (χ4v) is 3.63. The van der Waals surface area contributed by atoms with E-state index < -0.39 is 0 Å². The Morgan fingerprint density at radius 3 is 3.10 bits per heavy atom. The minimum atomic E-state index is 0.247. The highest BCUT2D eigenvalue weighted by atomic mass is 32.1. The molecule has 1 atom stereocenters. The van der Waals surface area contributed by atoms with Crippen LogP contribution in [0.25, 0.3) is 0 Å². The topological polar surface area (TPSA) is 38.1 Å². The number of aryl methyl sites for hydroxylation is 1.